The Morgan fingerprint density at radius 3 is 2.34 bits per heavy atom. The molecule has 1 heterocycles. The summed E-state index contributed by atoms with van der Waals surface area (Å²) in [6, 6.07) is 10.9. The first-order chi connectivity index (χ1) is 15.4. The van der Waals surface area contributed by atoms with Gasteiger partial charge in [-0.05, 0) is 36.4 Å². The lowest BCUT2D eigenvalue weighted by Gasteiger charge is -2.26. The molecule has 1 fully saturated rings. The van der Waals surface area contributed by atoms with Crippen LogP contribution in [0.1, 0.15) is 10.4 Å². The zero-order valence-corrected chi connectivity index (χ0v) is 19.4. The normalized spacial score (nSPS) is 14.6. The quantitative estimate of drug-likeness (QED) is 0.603. The molecule has 1 amide bonds. The molecular formula is C22H29N3O6S. The minimum absolute atomic E-state index is 0.0718. The van der Waals surface area contributed by atoms with Crippen molar-refractivity contribution in [3.05, 3.63) is 48.0 Å². The van der Waals surface area contributed by atoms with Gasteiger partial charge in [-0.2, -0.15) is 0 Å². The van der Waals surface area contributed by atoms with E-state index in [-0.39, 0.29) is 10.8 Å². The van der Waals surface area contributed by atoms with Crippen LogP contribution in [0.15, 0.2) is 47.4 Å². The molecule has 2 aromatic rings. The van der Waals surface area contributed by atoms with Crippen LogP contribution in [0.3, 0.4) is 0 Å². The zero-order chi connectivity index (χ0) is 23.1. The predicted molar refractivity (Wildman–Crippen MR) is 121 cm³/mol. The van der Waals surface area contributed by atoms with Crippen LogP contribution < -0.4 is 19.1 Å². The van der Waals surface area contributed by atoms with Gasteiger partial charge in [-0.1, -0.05) is 0 Å². The van der Waals surface area contributed by atoms with Gasteiger partial charge in [-0.15, -0.1) is 0 Å². The van der Waals surface area contributed by atoms with E-state index in [9.17, 15) is 13.2 Å². The van der Waals surface area contributed by atoms with Gasteiger partial charge in [0.2, 0.25) is 0 Å². The fourth-order valence-electron chi connectivity index (χ4n) is 3.35. The maximum atomic E-state index is 13.0. The number of benzene rings is 2. The number of carbonyl (C=O) groups excluding carboxylic acids is 1. The lowest BCUT2D eigenvalue weighted by atomic mass is 10.2. The highest BCUT2D eigenvalue weighted by atomic mass is 32.2. The van der Waals surface area contributed by atoms with Crippen LogP contribution in [0, 0.1) is 0 Å². The molecule has 1 aliphatic rings. The Hall–Kier alpha value is -2.82. The van der Waals surface area contributed by atoms with Crippen molar-refractivity contribution in [2.75, 3.05) is 65.0 Å². The molecule has 0 atom stereocenters. The number of rotatable bonds is 9. The third-order valence-electron chi connectivity index (χ3n) is 5.32. The zero-order valence-electron chi connectivity index (χ0n) is 18.5. The number of hydrogen-bond donors (Lipinski definition) is 1. The van der Waals surface area contributed by atoms with Crippen molar-refractivity contribution in [2.45, 2.75) is 4.90 Å². The molecule has 1 aliphatic heterocycles. The topological polar surface area (TPSA) is 97.4 Å². The van der Waals surface area contributed by atoms with E-state index in [0.29, 0.717) is 29.3 Å². The number of carbonyl (C=O) groups is 1. The Kier molecular flexibility index (Phi) is 7.94. The molecule has 0 aliphatic carbocycles. The molecule has 0 radical (unpaired) electrons. The molecule has 0 unspecified atom stereocenters. The van der Waals surface area contributed by atoms with Gasteiger partial charge in [0.1, 0.15) is 0 Å². The molecule has 10 heteroatoms. The standard InChI is InChI=1S/C22H29N3O6S/c1-24(32(27,28)19-8-9-20(29-2)21(16-19)30-3)18-6-4-17(5-7-18)22(26)23-10-11-25-12-14-31-15-13-25/h4-9,16H,10-15H2,1-3H3,(H,23,26). The van der Waals surface area contributed by atoms with Gasteiger partial charge in [0.15, 0.2) is 11.5 Å². The summed E-state index contributed by atoms with van der Waals surface area (Å²) < 4.78 is 42.9. The van der Waals surface area contributed by atoms with Crippen molar-refractivity contribution >= 4 is 21.6 Å². The van der Waals surface area contributed by atoms with Crippen LogP contribution in [0.4, 0.5) is 5.69 Å². The molecule has 2 aromatic carbocycles. The largest absolute Gasteiger partial charge is 0.493 e. The number of ether oxygens (including phenoxy) is 3. The van der Waals surface area contributed by atoms with E-state index in [0.717, 1.165) is 37.2 Å². The van der Waals surface area contributed by atoms with Gasteiger partial charge in [0.25, 0.3) is 15.9 Å². The van der Waals surface area contributed by atoms with Gasteiger partial charge in [-0.25, -0.2) is 8.42 Å². The summed E-state index contributed by atoms with van der Waals surface area (Å²) in [4.78, 5) is 14.7. The van der Waals surface area contributed by atoms with Crippen molar-refractivity contribution in [3.8, 4) is 11.5 Å². The van der Waals surface area contributed by atoms with E-state index in [1.54, 1.807) is 30.3 Å². The molecule has 174 valence electrons. The van der Waals surface area contributed by atoms with E-state index in [1.165, 1.54) is 33.4 Å². The van der Waals surface area contributed by atoms with Gasteiger partial charge in [0.05, 0.1) is 38.0 Å². The van der Waals surface area contributed by atoms with E-state index >= 15 is 0 Å². The third kappa shape index (κ3) is 5.50. The summed E-state index contributed by atoms with van der Waals surface area (Å²) in [5.74, 6) is 0.569. The Morgan fingerprint density at radius 2 is 1.72 bits per heavy atom. The van der Waals surface area contributed by atoms with Crippen molar-refractivity contribution < 1.29 is 27.4 Å². The summed E-state index contributed by atoms with van der Waals surface area (Å²) in [7, 11) is 0.566. The van der Waals surface area contributed by atoms with Crippen LogP contribution in [-0.4, -0.2) is 79.9 Å². The van der Waals surface area contributed by atoms with Crippen molar-refractivity contribution in [2.24, 2.45) is 0 Å². The average Bonchev–Trinajstić information content (AvgIpc) is 2.83. The van der Waals surface area contributed by atoms with E-state index < -0.39 is 10.0 Å². The molecule has 32 heavy (non-hydrogen) atoms. The fraction of sp³-hybridized carbons (Fsp3) is 0.409. The summed E-state index contributed by atoms with van der Waals surface area (Å²) >= 11 is 0. The van der Waals surface area contributed by atoms with Crippen molar-refractivity contribution in [3.63, 3.8) is 0 Å². The highest BCUT2D eigenvalue weighted by Crippen LogP contribution is 2.31. The Morgan fingerprint density at radius 1 is 1.06 bits per heavy atom. The monoisotopic (exact) mass is 463 g/mol. The second-order valence-corrected chi connectivity index (χ2v) is 9.22. The van der Waals surface area contributed by atoms with Gasteiger partial charge >= 0.3 is 0 Å². The van der Waals surface area contributed by atoms with Gasteiger partial charge < -0.3 is 19.5 Å². The third-order valence-corrected chi connectivity index (χ3v) is 7.11. The Labute approximate surface area is 188 Å². The number of methoxy groups -OCH3 is 2. The summed E-state index contributed by atoms with van der Waals surface area (Å²) in [6.07, 6.45) is 0. The van der Waals surface area contributed by atoms with Gasteiger partial charge in [0, 0.05) is 44.9 Å². The number of hydrogen-bond acceptors (Lipinski definition) is 7. The van der Waals surface area contributed by atoms with Crippen LogP contribution in [0.5, 0.6) is 11.5 Å². The number of morpholine rings is 1. The Balaban J connectivity index is 1.64. The van der Waals surface area contributed by atoms with E-state index in [1.807, 2.05) is 0 Å². The number of nitrogens with one attached hydrogen (secondary N) is 1. The predicted octanol–water partition coefficient (Wildman–Crippen LogP) is 1.59. The average molecular weight is 464 g/mol. The molecule has 3 rings (SSSR count). The molecule has 0 bridgehead atoms. The summed E-state index contributed by atoms with van der Waals surface area (Å²) in [5, 5.41) is 2.90. The van der Waals surface area contributed by atoms with Crippen LogP contribution in [0.2, 0.25) is 0 Å². The molecule has 1 saturated heterocycles. The number of anilines is 1. The Bertz CT molecular complexity index is 1020. The number of sulfonamides is 1. The summed E-state index contributed by atoms with van der Waals surface area (Å²) in [6.45, 7) is 4.47. The fourth-order valence-corrected chi connectivity index (χ4v) is 4.56. The maximum Gasteiger partial charge on any atom is 0.264 e. The molecule has 0 spiro atoms. The molecule has 0 aromatic heterocycles. The van der Waals surface area contributed by atoms with Crippen molar-refractivity contribution in [1.82, 2.24) is 10.2 Å². The van der Waals surface area contributed by atoms with Crippen LogP contribution in [0.25, 0.3) is 0 Å². The first-order valence-corrected chi connectivity index (χ1v) is 11.7. The first kappa shape index (κ1) is 23.8. The molecular weight excluding hydrogens is 434 g/mol. The SMILES string of the molecule is COc1ccc(S(=O)(=O)N(C)c2ccc(C(=O)NCCN3CCOCC3)cc2)cc1OC. The minimum Gasteiger partial charge on any atom is -0.493 e. The highest BCUT2D eigenvalue weighted by Gasteiger charge is 2.23. The molecule has 0 saturated carbocycles. The molecule has 9 nitrogen and oxygen atoms in total. The van der Waals surface area contributed by atoms with E-state index in [2.05, 4.69) is 10.2 Å². The van der Waals surface area contributed by atoms with Crippen LogP contribution >= 0.6 is 0 Å². The molecule has 1 N–H and O–H groups in total. The first-order valence-electron chi connectivity index (χ1n) is 10.3. The second kappa shape index (κ2) is 10.7. The minimum atomic E-state index is -3.83. The lowest BCUT2D eigenvalue weighted by molar-refractivity contribution is 0.0383. The van der Waals surface area contributed by atoms with E-state index in [4.69, 9.17) is 14.2 Å². The highest BCUT2D eigenvalue weighted by molar-refractivity contribution is 7.92. The van der Waals surface area contributed by atoms with Gasteiger partial charge in [-0.3, -0.25) is 14.0 Å². The smallest absolute Gasteiger partial charge is 0.264 e. The van der Waals surface area contributed by atoms with Crippen LogP contribution in [-0.2, 0) is 14.8 Å². The maximum absolute atomic E-state index is 13.0. The second-order valence-electron chi connectivity index (χ2n) is 7.25. The summed E-state index contributed by atoms with van der Waals surface area (Å²) in [5.41, 5.74) is 0.900. The number of amides is 1. The lowest BCUT2D eigenvalue weighted by Crippen LogP contribution is -2.41. The number of nitrogens with zero attached hydrogens (tertiary/aromatic N) is 2. The van der Waals surface area contributed by atoms with Crippen molar-refractivity contribution in [1.29, 1.82) is 0 Å².